The number of aromatic hydroxyl groups is 1. The number of H-pyrrole nitrogens is 1. The van der Waals surface area contributed by atoms with E-state index in [0.29, 0.717) is 17.8 Å². The van der Waals surface area contributed by atoms with Gasteiger partial charge in [0.05, 0.1) is 12.2 Å². The van der Waals surface area contributed by atoms with Crippen molar-refractivity contribution >= 4 is 5.97 Å². The number of nitrogens with zero attached hydrogens (tertiary/aromatic N) is 1. The van der Waals surface area contributed by atoms with Crippen molar-refractivity contribution in [3.63, 3.8) is 0 Å². The molecule has 0 saturated carbocycles. The van der Waals surface area contributed by atoms with Crippen molar-refractivity contribution in [2.45, 2.75) is 32.9 Å². The number of ether oxygens (including phenoxy) is 1. The molecule has 1 aromatic rings. The molecule has 120 valence electrons. The molecule has 0 fully saturated rings. The molecule has 0 radical (unpaired) electrons. The molecule has 5 heteroatoms. The van der Waals surface area contributed by atoms with Crippen LogP contribution >= 0.6 is 0 Å². The third kappa shape index (κ3) is 3.23. The summed E-state index contributed by atoms with van der Waals surface area (Å²) in [6.45, 7) is 6.05. The number of aromatic nitrogens is 2. The number of rotatable bonds is 3. The Labute approximate surface area is 134 Å². The van der Waals surface area contributed by atoms with Gasteiger partial charge in [-0.1, -0.05) is 30.3 Å². The number of benzene rings is 1. The lowest BCUT2D eigenvalue weighted by Gasteiger charge is -2.18. The van der Waals surface area contributed by atoms with E-state index in [1.54, 1.807) is 12.1 Å². The van der Waals surface area contributed by atoms with E-state index in [1.807, 2.05) is 55.8 Å². The standard InChI is InChI=1S/C18H20N2O3/c1-18(2,3)23-17(22)16-14-9-13(21)10-15(14)20(19-16)11-12-7-5-4-6-8-12/h4-10,19,21H,11H2,1-3H3. The minimum Gasteiger partial charge on any atom is -0.508 e. The van der Waals surface area contributed by atoms with Crippen molar-refractivity contribution in [2.24, 2.45) is 0 Å². The van der Waals surface area contributed by atoms with Crippen molar-refractivity contribution in [1.29, 1.82) is 0 Å². The number of nitrogens with one attached hydrogen (secondary N) is 1. The summed E-state index contributed by atoms with van der Waals surface area (Å²) >= 11 is 0. The Balaban J connectivity index is 1.98. The van der Waals surface area contributed by atoms with Gasteiger partial charge >= 0.3 is 5.97 Å². The third-order valence-electron chi connectivity index (χ3n) is 3.45. The van der Waals surface area contributed by atoms with Gasteiger partial charge in [0.15, 0.2) is 0 Å². The predicted molar refractivity (Wildman–Crippen MR) is 87.8 cm³/mol. The molecular formula is C18H20N2O3. The van der Waals surface area contributed by atoms with Crippen LogP contribution in [0.25, 0.3) is 11.3 Å². The van der Waals surface area contributed by atoms with Gasteiger partial charge in [0, 0.05) is 11.6 Å². The Bertz CT molecular complexity index is 794. The van der Waals surface area contributed by atoms with Crippen LogP contribution < -0.4 is 0 Å². The lowest BCUT2D eigenvalue weighted by atomic mass is 10.1. The fourth-order valence-electron chi connectivity index (χ4n) is 2.54. The van der Waals surface area contributed by atoms with E-state index in [1.165, 1.54) is 0 Å². The van der Waals surface area contributed by atoms with Gasteiger partial charge in [-0.3, -0.25) is 9.78 Å². The SMILES string of the molecule is CC(C)(C)OC(=O)c1[nH]n(Cc2ccccc2)c2cc(O)cc1-2. The summed E-state index contributed by atoms with van der Waals surface area (Å²) in [7, 11) is 0. The maximum Gasteiger partial charge on any atom is 0.357 e. The van der Waals surface area contributed by atoms with Gasteiger partial charge in [-0.15, -0.1) is 0 Å². The van der Waals surface area contributed by atoms with Crippen LogP contribution in [0.2, 0.25) is 0 Å². The molecule has 1 aliphatic heterocycles. The molecule has 2 aliphatic rings. The van der Waals surface area contributed by atoms with Crippen LogP contribution in [0.4, 0.5) is 0 Å². The highest BCUT2D eigenvalue weighted by atomic mass is 16.6. The summed E-state index contributed by atoms with van der Waals surface area (Å²) in [6, 6.07) is 13.1. The Morgan fingerprint density at radius 2 is 1.91 bits per heavy atom. The predicted octanol–water partition coefficient (Wildman–Crippen LogP) is 3.63. The molecule has 0 atom stereocenters. The molecule has 0 saturated heterocycles. The number of hydrogen-bond acceptors (Lipinski definition) is 3. The zero-order valence-corrected chi connectivity index (χ0v) is 13.5. The van der Waals surface area contributed by atoms with E-state index in [4.69, 9.17) is 4.74 Å². The van der Waals surface area contributed by atoms with E-state index in [0.717, 1.165) is 11.3 Å². The van der Waals surface area contributed by atoms with Crippen molar-refractivity contribution in [2.75, 3.05) is 0 Å². The summed E-state index contributed by atoms with van der Waals surface area (Å²) < 4.78 is 7.28. The van der Waals surface area contributed by atoms with Gasteiger partial charge in [0.1, 0.15) is 17.0 Å². The molecule has 1 heterocycles. The van der Waals surface area contributed by atoms with Crippen LogP contribution in [-0.4, -0.2) is 26.5 Å². The fraction of sp³-hybridized carbons (Fsp3) is 0.278. The number of carbonyl (C=O) groups is 1. The van der Waals surface area contributed by atoms with Gasteiger partial charge in [0.2, 0.25) is 0 Å². The smallest absolute Gasteiger partial charge is 0.357 e. The van der Waals surface area contributed by atoms with Crippen LogP contribution in [0.3, 0.4) is 0 Å². The van der Waals surface area contributed by atoms with E-state index in [-0.39, 0.29) is 5.75 Å². The second kappa shape index (κ2) is 5.50. The molecule has 3 rings (SSSR count). The number of esters is 1. The summed E-state index contributed by atoms with van der Waals surface area (Å²) in [6.07, 6.45) is 0. The van der Waals surface area contributed by atoms with Crippen LogP contribution in [-0.2, 0) is 11.3 Å². The first-order chi connectivity index (χ1) is 10.8. The lowest BCUT2D eigenvalue weighted by molar-refractivity contribution is 0.00631. The highest BCUT2D eigenvalue weighted by Gasteiger charge is 2.27. The number of carbonyl (C=O) groups excluding carboxylic acids is 1. The number of fused-ring (bicyclic) bond motifs is 1. The van der Waals surface area contributed by atoms with Gasteiger partial charge in [-0.2, -0.15) is 0 Å². The monoisotopic (exact) mass is 312 g/mol. The second-order valence-corrected chi connectivity index (χ2v) is 6.57. The molecule has 1 aromatic carbocycles. The summed E-state index contributed by atoms with van der Waals surface area (Å²) in [5, 5.41) is 12.9. The Hall–Kier alpha value is -2.69. The maximum atomic E-state index is 12.4. The molecule has 0 unspecified atom stereocenters. The molecular weight excluding hydrogens is 292 g/mol. The molecule has 1 aliphatic carbocycles. The quantitative estimate of drug-likeness (QED) is 0.726. The maximum absolute atomic E-state index is 12.4. The number of aromatic amines is 1. The molecule has 0 bridgehead atoms. The average Bonchev–Trinajstić information content (AvgIpc) is 2.97. The zero-order valence-electron chi connectivity index (χ0n) is 13.5. The Morgan fingerprint density at radius 3 is 2.57 bits per heavy atom. The summed E-state index contributed by atoms with van der Waals surface area (Å²) in [5.74, 6) is -0.296. The highest BCUT2D eigenvalue weighted by molar-refractivity contribution is 5.96. The first-order valence-corrected chi connectivity index (χ1v) is 7.52. The average molecular weight is 312 g/mol. The summed E-state index contributed by atoms with van der Waals surface area (Å²) in [5.41, 5.74) is 2.30. The lowest BCUT2D eigenvalue weighted by Crippen LogP contribution is -2.24. The Kier molecular flexibility index (Phi) is 3.64. The fourth-order valence-corrected chi connectivity index (χ4v) is 2.54. The Morgan fingerprint density at radius 1 is 1.22 bits per heavy atom. The molecule has 0 amide bonds. The zero-order chi connectivity index (χ0) is 16.6. The van der Waals surface area contributed by atoms with Crippen LogP contribution in [0.5, 0.6) is 5.75 Å². The second-order valence-electron chi connectivity index (χ2n) is 6.57. The van der Waals surface area contributed by atoms with Gasteiger partial charge in [0.25, 0.3) is 0 Å². The molecule has 0 spiro atoms. The largest absolute Gasteiger partial charge is 0.508 e. The minimum atomic E-state index is -0.576. The molecule has 5 nitrogen and oxygen atoms in total. The van der Waals surface area contributed by atoms with Crippen molar-refractivity contribution in [3.8, 4) is 17.0 Å². The van der Waals surface area contributed by atoms with Gasteiger partial charge in [-0.25, -0.2) is 4.79 Å². The third-order valence-corrected chi connectivity index (χ3v) is 3.45. The molecule has 0 aromatic heterocycles. The van der Waals surface area contributed by atoms with E-state index < -0.39 is 11.6 Å². The van der Waals surface area contributed by atoms with Crippen molar-refractivity contribution < 1.29 is 14.6 Å². The van der Waals surface area contributed by atoms with E-state index in [2.05, 4.69) is 5.10 Å². The van der Waals surface area contributed by atoms with Gasteiger partial charge < -0.3 is 9.84 Å². The topological polar surface area (TPSA) is 67.2 Å². The van der Waals surface area contributed by atoms with Crippen molar-refractivity contribution in [1.82, 2.24) is 9.78 Å². The molecule has 23 heavy (non-hydrogen) atoms. The first kappa shape index (κ1) is 15.2. The van der Waals surface area contributed by atoms with Crippen molar-refractivity contribution in [3.05, 3.63) is 53.7 Å². The molecule has 2 N–H and O–H groups in total. The van der Waals surface area contributed by atoms with Gasteiger partial charge in [-0.05, 0) is 32.4 Å². The normalized spacial score (nSPS) is 11.8. The first-order valence-electron chi connectivity index (χ1n) is 7.52. The van der Waals surface area contributed by atoms with E-state index >= 15 is 0 Å². The number of hydrogen-bond donors (Lipinski definition) is 2. The highest BCUT2D eigenvalue weighted by Crippen LogP contribution is 2.34. The summed E-state index contributed by atoms with van der Waals surface area (Å²) in [4.78, 5) is 12.4. The van der Waals surface area contributed by atoms with Crippen LogP contribution in [0.15, 0.2) is 42.5 Å². The van der Waals surface area contributed by atoms with E-state index in [9.17, 15) is 9.90 Å². The minimum absolute atomic E-state index is 0.135. The van der Waals surface area contributed by atoms with Crippen LogP contribution in [0, 0.1) is 0 Å². The van der Waals surface area contributed by atoms with Crippen LogP contribution in [0.1, 0.15) is 36.8 Å².